The molecule has 9 nitrogen and oxygen atoms in total. The molecule has 0 aliphatic carbocycles. The number of esters is 1. The predicted octanol–water partition coefficient (Wildman–Crippen LogP) is 2.68. The molecule has 0 unspecified atom stereocenters. The van der Waals surface area contributed by atoms with Crippen molar-refractivity contribution in [2.75, 3.05) is 14.2 Å². The molecule has 27 heavy (non-hydrogen) atoms. The Morgan fingerprint density at radius 2 is 1.78 bits per heavy atom. The van der Waals surface area contributed by atoms with Crippen LogP contribution < -0.4 is 15.2 Å². The number of nitrogens with zero attached hydrogens (tertiary/aromatic N) is 1. The van der Waals surface area contributed by atoms with Crippen molar-refractivity contribution < 1.29 is 28.7 Å². The quantitative estimate of drug-likeness (QED) is 0.342. The van der Waals surface area contributed by atoms with Crippen LogP contribution in [0.2, 0.25) is 0 Å². The van der Waals surface area contributed by atoms with Gasteiger partial charge in [-0.15, -0.1) is 0 Å². The maximum atomic E-state index is 11.6. The summed E-state index contributed by atoms with van der Waals surface area (Å²) in [6.45, 7) is 0. The fraction of sp³-hybridized carbons (Fsp3) is 0.111. The Labute approximate surface area is 154 Å². The number of carbonyl (C=O) groups excluding carboxylic acids is 2. The molecule has 0 spiro atoms. The molecule has 9 heteroatoms. The number of hydrogen-bond acceptors (Lipinski definition) is 7. The summed E-state index contributed by atoms with van der Waals surface area (Å²) in [6.07, 6.45) is 2.44. The Morgan fingerprint density at radius 1 is 1.07 bits per heavy atom. The zero-order valence-electron chi connectivity index (χ0n) is 14.5. The summed E-state index contributed by atoms with van der Waals surface area (Å²) < 4.78 is 15.4. The van der Waals surface area contributed by atoms with Gasteiger partial charge in [-0.2, -0.15) is 0 Å². The largest absolute Gasteiger partial charge is 0.493 e. The van der Waals surface area contributed by atoms with E-state index in [1.807, 2.05) is 0 Å². The smallest absolute Gasteiger partial charge is 0.337 e. The van der Waals surface area contributed by atoms with Crippen LogP contribution in [0.4, 0.5) is 5.69 Å². The molecule has 0 saturated heterocycles. The Balaban J connectivity index is 2.40. The van der Waals surface area contributed by atoms with E-state index in [1.54, 1.807) is 0 Å². The number of nitrogens with two attached hydrogens (primary N) is 1. The second-order valence-electron chi connectivity index (χ2n) is 5.18. The Morgan fingerprint density at radius 3 is 2.37 bits per heavy atom. The SMILES string of the molecule is COC(=O)c1ccc(Oc2ccc(/C=C\C(N)=O)cc2[N+](=O)[O-])c(OC)c1. The van der Waals surface area contributed by atoms with Crippen LogP contribution in [0.15, 0.2) is 42.5 Å². The first-order valence-corrected chi connectivity index (χ1v) is 7.56. The molecule has 2 aromatic carbocycles. The van der Waals surface area contributed by atoms with Gasteiger partial charge < -0.3 is 19.9 Å². The molecule has 0 aliphatic rings. The van der Waals surface area contributed by atoms with Gasteiger partial charge in [0.2, 0.25) is 11.7 Å². The lowest BCUT2D eigenvalue weighted by atomic mass is 10.1. The second kappa shape index (κ2) is 8.48. The van der Waals surface area contributed by atoms with Gasteiger partial charge in [0.1, 0.15) is 0 Å². The van der Waals surface area contributed by atoms with Crippen molar-refractivity contribution in [2.45, 2.75) is 0 Å². The number of benzene rings is 2. The molecular weight excluding hydrogens is 356 g/mol. The topological polar surface area (TPSA) is 131 Å². The van der Waals surface area contributed by atoms with E-state index in [9.17, 15) is 19.7 Å². The van der Waals surface area contributed by atoms with E-state index in [0.29, 0.717) is 5.56 Å². The summed E-state index contributed by atoms with van der Waals surface area (Å²) in [5.41, 5.74) is 5.34. The van der Waals surface area contributed by atoms with Crippen LogP contribution in [-0.2, 0) is 9.53 Å². The molecular formula is C18H16N2O7. The van der Waals surface area contributed by atoms with Crippen LogP contribution in [0.1, 0.15) is 15.9 Å². The highest BCUT2D eigenvalue weighted by Crippen LogP contribution is 2.37. The van der Waals surface area contributed by atoms with E-state index in [-0.39, 0.29) is 28.5 Å². The minimum atomic E-state index is -0.673. The van der Waals surface area contributed by atoms with Crippen molar-refractivity contribution in [1.82, 2.24) is 0 Å². The number of ether oxygens (including phenoxy) is 3. The molecule has 0 aliphatic heterocycles. The first kappa shape index (κ1) is 19.4. The van der Waals surface area contributed by atoms with Crippen molar-refractivity contribution in [2.24, 2.45) is 5.73 Å². The maximum Gasteiger partial charge on any atom is 0.337 e. The minimum Gasteiger partial charge on any atom is -0.493 e. The fourth-order valence-electron chi connectivity index (χ4n) is 2.16. The van der Waals surface area contributed by atoms with E-state index in [0.717, 1.165) is 6.08 Å². The van der Waals surface area contributed by atoms with Crippen LogP contribution >= 0.6 is 0 Å². The molecule has 0 heterocycles. The van der Waals surface area contributed by atoms with Gasteiger partial charge >= 0.3 is 11.7 Å². The summed E-state index contributed by atoms with van der Waals surface area (Å²) in [4.78, 5) is 33.1. The van der Waals surface area contributed by atoms with Crippen molar-refractivity contribution in [3.63, 3.8) is 0 Å². The zero-order valence-corrected chi connectivity index (χ0v) is 14.5. The Kier molecular flexibility index (Phi) is 6.10. The van der Waals surface area contributed by atoms with Gasteiger partial charge in [0.15, 0.2) is 11.5 Å². The van der Waals surface area contributed by atoms with Gasteiger partial charge in [0.25, 0.3) is 0 Å². The molecule has 2 N–H and O–H groups in total. The van der Waals surface area contributed by atoms with Crippen LogP contribution in [-0.4, -0.2) is 31.0 Å². The van der Waals surface area contributed by atoms with E-state index >= 15 is 0 Å². The molecule has 0 atom stereocenters. The van der Waals surface area contributed by atoms with Gasteiger partial charge in [-0.25, -0.2) is 4.79 Å². The number of carbonyl (C=O) groups is 2. The summed E-state index contributed by atoms with van der Waals surface area (Å²) in [7, 11) is 2.62. The third-order valence-electron chi connectivity index (χ3n) is 3.42. The van der Waals surface area contributed by atoms with Crippen LogP contribution in [0.25, 0.3) is 6.08 Å². The summed E-state index contributed by atoms with van der Waals surface area (Å²) in [6, 6.07) is 8.43. The van der Waals surface area contributed by atoms with Crippen molar-refractivity contribution in [3.05, 3.63) is 63.7 Å². The average Bonchev–Trinajstić information content (AvgIpc) is 2.66. The second-order valence-corrected chi connectivity index (χ2v) is 5.18. The number of nitro groups is 1. The molecule has 2 aromatic rings. The minimum absolute atomic E-state index is 0.0413. The Hall–Kier alpha value is -3.88. The molecule has 2 rings (SSSR count). The predicted molar refractivity (Wildman–Crippen MR) is 95.7 cm³/mol. The number of methoxy groups -OCH3 is 2. The third kappa shape index (κ3) is 4.82. The zero-order chi connectivity index (χ0) is 20.0. The molecule has 1 amide bonds. The van der Waals surface area contributed by atoms with Crippen LogP contribution in [0.5, 0.6) is 17.2 Å². The first-order chi connectivity index (χ1) is 12.8. The van der Waals surface area contributed by atoms with Gasteiger partial charge in [-0.05, 0) is 35.9 Å². The lowest BCUT2D eigenvalue weighted by molar-refractivity contribution is -0.385. The van der Waals surface area contributed by atoms with E-state index < -0.39 is 16.8 Å². The first-order valence-electron chi connectivity index (χ1n) is 7.56. The highest BCUT2D eigenvalue weighted by atomic mass is 16.6. The molecule has 0 radical (unpaired) electrons. The molecule has 140 valence electrons. The number of hydrogen-bond donors (Lipinski definition) is 1. The molecule has 0 bridgehead atoms. The molecule has 0 fully saturated rings. The van der Waals surface area contributed by atoms with Gasteiger partial charge in [0.05, 0.1) is 24.7 Å². The third-order valence-corrected chi connectivity index (χ3v) is 3.42. The average molecular weight is 372 g/mol. The van der Waals surface area contributed by atoms with Crippen LogP contribution in [0, 0.1) is 10.1 Å². The van der Waals surface area contributed by atoms with Crippen molar-refractivity contribution in [1.29, 1.82) is 0 Å². The number of nitro benzene ring substituents is 1. The van der Waals surface area contributed by atoms with Crippen LogP contribution in [0.3, 0.4) is 0 Å². The number of primary amides is 1. The van der Waals surface area contributed by atoms with Gasteiger partial charge in [0, 0.05) is 12.1 Å². The summed E-state index contributed by atoms with van der Waals surface area (Å²) >= 11 is 0. The number of amides is 1. The lowest BCUT2D eigenvalue weighted by Gasteiger charge is -2.12. The van der Waals surface area contributed by atoms with Gasteiger partial charge in [-0.3, -0.25) is 14.9 Å². The number of rotatable bonds is 7. The highest BCUT2D eigenvalue weighted by molar-refractivity contribution is 5.90. The summed E-state index contributed by atoms with van der Waals surface area (Å²) in [5, 5.41) is 11.4. The van der Waals surface area contributed by atoms with E-state index in [4.69, 9.17) is 15.2 Å². The molecule has 0 aromatic heterocycles. The van der Waals surface area contributed by atoms with E-state index in [1.165, 1.54) is 56.7 Å². The maximum absolute atomic E-state index is 11.6. The Bertz CT molecular complexity index is 922. The summed E-state index contributed by atoms with van der Waals surface area (Å²) in [5.74, 6) is -0.899. The lowest BCUT2D eigenvalue weighted by Crippen LogP contribution is -2.05. The fourth-order valence-corrected chi connectivity index (χ4v) is 2.16. The molecule has 0 saturated carbocycles. The monoisotopic (exact) mass is 372 g/mol. The van der Waals surface area contributed by atoms with E-state index in [2.05, 4.69) is 4.74 Å². The normalized spacial score (nSPS) is 10.4. The van der Waals surface area contributed by atoms with Gasteiger partial charge in [-0.1, -0.05) is 6.07 Å². The standard InChI is InChI=1S/C18H16N2O7/c1-25-16-10-12(18(22)26-2)5-7-15(16)27-14-6-3-11(4-8-17(19)21)9-13(14)20(23)24/h3-10H,1-2H3,(H2,19,21)/b8-4-. The van der Waals surface area contributed by atoms with Crippen molar-refractivity contribution >= 4 is 23.6 Å². The van der Waals surface area contributed by atoms with Crippen molar-refractivity contribution in [3.8, 4) is 17.2 Å². The highest BCUT2D eigenvalue weighted by Gasteiger charge is 2.19.